The molecule has 9 heteroatoms. The monoisotopic (exact) mass is 375 g/mol. The number of halogens is 4. The molecule has 0 atom stereocenters. The molecule has 0 amide bonds. The van der Waals surface area contributed by atoms with Crippen LogP contribution in [0.3, 0.4) is 0 Å². The number of carboxylic acids is 1. The second kappa shape index (κ2) is 8.06. The number of aromatic carboxylic acids is 1. The summed E-state index contributed by atoms with van der Waals surface area (Å²) < 4.78 is 38.9. The number of rotatable bonds is 5. The number of carbonyl (C=O) groups is 1. The lowest BCUT2D eigenvalue weighted by Crippen LogP contribution is -2.19. The van der Waals surface area contributed by atoms with Gasteiger partial charge in [-0.05, 0) is 32.0 Å². The number of para-hydroxylation sites is 1. The Morgan fingerprint density at radius 2 is 1.96 bits per heavy atom. The Labute approximate surface area is 148 Å². The molecule has 2 rings (SSSR count). The minimum absolute atomic E-state index is 0. The minimum Gasteiger partial charge on any atom is -0.478 e. The van der Waals surface area contributed by atoms with Gasteiger partial charge in [-0.2, -0.15) is 18.3 Å². The van der Waals surface area contributed by atoms with Gasteiger partial charge in [0.15, 0.2) is 0 Å². The molecule has 2 aromatic rings. The number of benzene rings is 1. The van der Waals surface area contributed by atoms with Gasteiger partial charge in [-0.1, -0.05) is 12.1 Å². The van der Waals surface area contributed by atoms with E-state index in [1.54, 1.807) is 38.1 Å². The number of alkyl halides is 3. The number of hydrogen-bond donors (Lipinski definition) is 2. The fourth-order valence-electron chi connectivity index (χ4n) is 2.32. The van der Waals surface area contributed by atoms with Crippen molar-refractivity contribution in [3.8, 4) is 0 Å². The van der Waals surface area contributed by atoms with E-state index in [1.807, 2.05) is 0 Å². The average molecular weight is 376 g/mol. The van der Waals surface area contributed by atoms with E-state index >= 15 is 0 Å². The zero-order valence-electron chi connectivity index (χ0n) is 13.5. The van der Waals surface area contributed by atoms with E-state index in [9.17, 15) is 18.0 Å². The summed E-state index contributed by atoms with van der Waals surface area (Å²) in [5, 5.41) is 13.0. The molecule has 0 bridgehead atoms. The quantitative estimate of drug-likeness (QED) is 0.607. The highest BCUT2D eigenvalue weighted by Crippen LogP contribution is 2.22. The highest BCUT2D eigenvalue weighted by atomic mass is 35.5. The molecule has 0 aliphatic heterocycles. The predicted molar refractivity (Wildman–Crippen MR) is 91.8 cm³/mol. The van der Waals surface area contributed by atoms with Crippen molar-refractivity contribution >= 4 is 30.3 Å². The first-order valence-electron chi connectivity index (χ1n) is 7.04. The molecule has 0 saturated carbocycles. The summed E-state index contributed by atoms with van der Waals surface area (Å²) in [5.74, 6) is -1.10. The van der Waals surface area contributed by atoms with Crippen LogP contribution in [0, 0.1) is 13.8 Å². The maximum atomic E-state index is 12.6. The zero-order valence-corrected chi connectivity index (χ0v) is 14.3. The Hall–Kier alpha value is -2.48. The van der Waals surface area contributed by atoms with Crippen LogP contribution in [0.1, 0.15) is 27.3 Å². The van der Waals surface area contributed by atoms with Crippen LogP contribution in [0.25, 0.3) is 0 Å². The fourth-order valence-corrected chi connectivity index (χ4v) is 2.32. The van der Waals surface area contributed by atoms with E-state index in [0.29, 0.717) is 22.6 Å². The molecule has 0 aliphatic rings. The van der Waals surface area contributed by atoms with Crippen LogP contribution in [0.5, 0.6) is 0 Å². The number of carboxylic acid groups (broad SMARTS) is 1. The highest BCUT2D eigenvalue weighted by Gasteiger charge is 2.29. The van der Waals surface area contributed by atoms with Gasteiger partial charge in [0.25, 0.3) is 0 Å². The fraction of sp³-hybridized carbons (Fsp3) is 0.250. The summed E-state index contributed by atoms with van der Waals surface area (Å²) in [5.41, 5.74) is 4.38. The van der Waals surface area contributed by atoms with Gasteiger partial charge in [-0.15, -0.1) is 12.4 Å². The number of nitrogens with one attached hydrogen (secondary N) is 1. The van der Waals surface area contributed by atoms with Gasteiger partial charge in [0.05, 0.1) is 17.5 Å². The summed E-state index contributed by atoms with van der Waals surface area (Å²) in [7, 11) is 0. The van der Waals surface area contributed by atoms with Gasteiger partial charge in [0, 0.05) is 17.0 Å². The third kappa shape index (κ3) is 5.25. The summed E-state index contributed by atoms with van der Waals surface area (Å²) >= 11 is 0. The van der Waals surface area contributed by atoms with Gasteiger partial charge in [-0.3, -0.25) is 5.43 Å². The van der Waals surface area contributed by atoms with Crippen molar-refractivity contribution in [3.05, 3.63) is 52.8 Å². The molecule has 1 aromatic carbocycles. The summed E-state index contributed by atoms with van der Waals surface area (Å²) in [4.78, 5) is 11.1. The molecule has 0 unspecified atom stereocenters. The number of hydrogen-bond acceptors (Lipinski definition) is 3. The largest absolute Gasteiger partial charge is 0.478 e. The lowest BCUT2D eigenvalue weighted by Gasteiger charge is -2.12. The molecule has 5 nitrogen and oxygen atoms in total. The third-order valence-corrected chi connectivity index (χ3v) is 3.50. The molecule has 1 heterocycles. The Kier molecular flexibility index (Phi) is 6.63. The molecule has 136 valence electrons. The van der Waals surface area contributed by atoms with Crippen LogP contribution in [0.15, 0.2) is 35.4 Å². The molecule has 25 heavy (non-hydrogen) atoms. The smallest absolute Gasteiger partial charge is 0.406 e. The maximum absolute atomic E-state index is 12.6. The van der Waals surface area contributed by atoms with Crippen LogP contribution < -0.4 is 5.43 Å². The molecule has 2 N–H and O–H groups in total. The molecule has 0 aliphatic carbocycles. The predicted octanol–water partition coefficient (Wildman–Crippen LogP) is 4.23. The first-order valence-corrected chi connectivity index (χ1v) is 7.04. The van der Waals surface area contributed by atoms with Gasteiger partial charge in [-0.25, -0.2) is 4.79 Å². The summed E-state index contributed by atoms with van der Waals surface area (Å²) in [6.07, 6.45) is -2.94. The lowest BCUT2D eigenvalue weighted by molar-refractivity contribution is -0.141. The molecule has 0 fully saturated rings. The van der Waals surface area contributed by atoms with Crippen LogP contribution in [0.4, 0.5) is 18.9 Å². The van der Waals surface area contributed by atoms with E-state index in [1.165, 1.54) is 12.3 Å². The Balaban J connectivity index is 0.00000312. The van der Waals surface area contributed by atoms with Gasteiger partial charge >= 0.3 is 12.1 Å². The van der Waals surface area contributed by atoms with Gasteiger partial charge in [0.2, 0.25) is 0 Å². The van der Waals surface area contributed by atoms with Crippen molar-refractivity contribution < 1.29 is 23.1 Å². The van der Waals surface area contributed by atoms with Crippen molar-refractivity contribution in [3.63, 3.8) is 0 Å². The maximum Gasteiger partial charge on any atom is 0.406 e. The van der Waals surface area contributed by atoms with Crippen molar-refractivity contribution in [1.82, 2.24) is 4.57 Å². The number of anilines is 1. The second-order valence-electron chi connectivity index (χ2n) is 5.25. The average Bonchev–Trinajstić information content (AvgIpc) is 2.74. The summed E-state index contributed by atoms with van der Waals surface area (Å²) in [6, 6.07) is 7.81. The molecule has 1 aromatic heterocycles. The van der Waals surface area contributed by atoms with Crippen LogP contribution in [-0.4, -0.2) is 28.0 Å². The lowest BCUT2D eigenvalue weighted by atomic mass is 10.2. The number of aromatic nitrogens is 1. The zero-order chi connectivity index (χ0) is 17.9. The number of nitrogens with zero attached hydrogens (tertiary/aromatic N) is 2. The van der Waals surface area contributed by atoms with Crippen molar-refractivity contribution in [1.29, 1.82) is 0 Å². The first kappa shape index (κ1) is 20.6. The van der Waals surface area contributed by atoms with Crippen molar-refractivity contribution in [2.75, 3.05) is 5.43 Å². The SMILES string of the molecule is Cc1cc(C=NNc2ccccc2C(=O)O)c(C)n1CC(F)(F)F.Cl. The van der Waals surface area contributed by atoms with E-state index in [-0.39, 0.29) is 18.0 Å². The standard InChI is InChI=1S/C16H16F3N3O2.ClH/c1-10-7-12(11(2)22(10)9-16(17,18)19)8-20-21-14-6-4-3-5-13(14)15(23)24;/h3-8,21H,9H2,1-2H3,(H,23,24);1H. The first-order chi connectivity index (χ1) is 11.2. The van der Waals surface area contributed by atoms with E-state index in [4.69, 9.17) is 5.11 Å². The van der Waals surface area contributed by atoms with Crippen LogP contribution >= 0.6 is 12.4 Å². The molecular formula is C16H17ClF3N3O2. The number of hydrazone groups is 1. The Morgan fingerprint density at radius 3 is 2.56 bits per heavy atom. The third-order valence-electron chi connectivity index (χ3n) is 3.50. The molecular weight excluding hydrogens is 359 g/mol. The normalized spacial score (nSPS) is 11.4. The summed E-state index contributed by atoms with van der Waals surface area (Å²) in [6.45, 7) is 2.10. The highest BCUT2D eigenvalue weighted by molar-refractivity contribution is 5.94. The van der Waals surface area contributed by atoms with Crippen molar-refractivity contribution in [2.24, 2.45) is 5.10 Å². The van der Waals surface area contributed by atoms with Crippen LogP contribution in [0.2, 0.25) is 0 Å². The van der Waals surface area contributed by atoms with E-state index in [0.717, 1.165) is 4.57 Å². The van der Waals surface area contributed by atoms with E-state index < -0.39 is 18.7 Å². The van der Waals surface area contributed by atoms with Crippen LogP contribution in [-0.2, 0) is 6.54 Å². The van der Waals surface area contributed by atoms with Gasteiger partial charge in [0.1, 0.15) is 6.54 Å². The second-order valence-corrected chi connectivity index (χ2v) is 5.25. The van der Waals surface area contributed by atoms with Crippen molar-refractivity contribution in [2.45, 2.75) is 26.6 Å². The topological polar surface area (TPSA) is 66.6 Å². The number of aryl methyl sites for hydroxylation is 1. The van der Waals surface area contributed by atoms with E-state index in [2.05, 4.69) is 10.5 Å². The van der Waals surface area contributed by atoms with Gasteiger partial charge < -0.3 is 9.67 Å². The molecule has 0 saturated heterocycles. The minimum atomic E-state index is -4.30. The Morgan fingerprint density at radius 1 is 1.32 bits per heavy atom. The molecule has 0 radical (unpaired) electrons. The molecule has 0 spiro atoms. The Bertz CT molecular complexity index is 785.